The minimum Gasteiger partial charge on any atom is -0.491 e. The van der Waals surface area contributed by atoms with Gasteiger partial charge in [0.1, 0.15) is 30.0 Å². The van der Waals surface area contributed by atoms with Crippen molar-refractivity contribution in [3.63, 3.8) is 0 Å². The Balaban J connectivity index is 1.58. The van der Waals surface area contributed by atoms with Crippen LogP contribution in [0.2, 0.25) is 5.02 Å². The Morgan fingerprint density at radius 3 is 2.65 bits per heavy atom. The van der Waals surface area contributed by atoms with Crippen LogP contribution in [-0.4, -0.2) is 70.4 Å². The Morgan fingerprint density at radius 1 is 1.23 bits per heavy atom. The van der Waals surface area contributed by atoms with E-state index in [1.807, 2.05) is 25.7 Å². The quantitative estimate of drug-likeness (QED) is 0.298. The highest BCUT2D eigenvalue weighted by Gasteiger charge is 2.29. The Hall–Kier alpha value is -3.52. The number of nitrogens with one attached hydrogen (secondary N) is 1. The number of aromatic nitrogens is 5. The summed E-state index contributed by atoms with van der Waals surface area (Å²) >= 11 is 6.64. The van der Waals surface area contributed by atoms with Gasteiger partial charge in [0.05, 0.1) is 40.5 Å². The fourth-order valence-electron chi connectivity index (χ4n) is 4.70. The number of aryl methyl sites for hydroxylation is 2. The Bertz CT molecular complexity index is 1640. The Morgan fingerprint density at radius 2 is 2.00 bits per heavy atom. The van der Waals surface area contributed by atoms with Crippen LogP contribution in [0.4, 0.5) is 5.82 Å². The van der Waals surface area contributed by atoms with Crippen molar-refractivity contribution in [1.29, 1.82) is 0 Å². The van der Waals surface area contributed by atoms with Crippen molar-refractivity contribution in [2.24, 2.45) is 0 Å². The van der Waals surface area contributed by atoms with E-state index in [0.29, 0.717) is 70.5 Å². The molecule has 0 amide bonds. The van der Waals surface area contributed by atoms with Gasteiger partial charge in [-0.1, -0.05) is 16.8 Å². The van der Waals surface area contributed by atoms with Crippen LogP contribution in [0.1, 0.15) is 28.3 Å². The van der Waals surface area contributed by atoms with E-state index in [9.17, 15) is 13.5 Å². The average molecular weight is 588 g/mol. The lowest BCUT2D eigenvalue weighted by Gasteiger charge is -2.22. The molecule has 4 aromatic rings. The highest BCUT2D eigenvalue weighted by molar-refractivity contribution is 7.89. The zero-order chi connectivity index (χ0) is 28.8. The van der Waals surface area contributed by atoms with E-state index in [0.717, 1.165) is 27.0 Å². The molecule has 5 rings (SSSR count). The topological polar surface area (TPSA) is 148 Å². The predicted molar refractivity (Wildman–Crippen MR) is 150 cm³/mol. The largest absolute Gasteiger partial charge is 0.491 e. The monoisotopic (exact) mass is 587 g/mol. The van der Waals surface area contributed by atoms with Gasteiger partial charge in [-0.25, -0.2) is 18.4 Å². The fraction of sp³-hybridized carbons (Fsp3) is 0.385. The van der Waals surface area contributed by atoms with Crippen molar-refractivity contribution in [3.05, 3.63) is 57.7 Å². The molecular weight excluding hydrogens is 558 g/mol. The zero-order valence-electron chi connectivity index (χ0n) is 22.8. The molecule has 0 fully saturated rings. The molecule has 12 nitrogen and oxygen atoms in total. The lowest BCUT2D eigenvalue weighted by Crippen LogP contribution is -2.29. The first-order chi connectivity index (χ1) is 19.0. The van der Waals surface area contributed by atoms with Crippen LogP contribution in [0.25, 0.3) is 22.6 Å². The molecule has 14 heteroatoms. The van der Waals surface area contributed by atoms with Gasteiger partial charge < -0.3 is 24.6 Å². The molecule has 2 N–H and O–H groups in total. The Kier molecular flexibility index (Phi) is 7.57. The summed E-state index contributed by atoms with van der Waals surface area (Å²) in [4.78, 5) is 11.9. The molecule has 1 aliphatic rings. The summed E-state index contributed by atoms with van der Waals surface area (Å²) < 4.78 is 36.2. The predicted octanol–water partition coefficient (Wildman–Crippen LogP) is 2.86. The Labute approximate surface area is 237 Å². The van der Waals surface area contributed by atoms with Gasteiger partial charge in [-0.05, 0) is 46.0 Å². The molecule has 40 heavy (non-hydrogen) atoms. The molecule has 1 aromatic carbocycles. The minimum atomic E-state index is -3.48. The number of rotatable bonds is 9. The number of anilines is 1. The molecule has 0 aliphatic carbocycles. The SMILES string of the molecule is CNC[C@@H](O)COc1ccc(Cl)c(-c2nc(-c3c(C)noc3C)c(C)c(N3Cc4cn(S(C)(=O)=O)nc4C3)n2)c1. The highest BCUT2D eigenvalue weighted by atomic mass is 35.5. The molecule has 3 aromatic heterocycles. The third-order valence-corrected chi connectivity index (χ3v) is 7.84. The highest BCUT2D eigenvalue weighted by Crippen LogP contribution is 2.39. The fourth-order valence-corrected chi connectivity index (χ4v) is 5.46. The van der Waals surface area contributed by atoms with Crippen molar-refractivity contribution in [1.82, 2.24) is 29.6 Å². The first-order valence-electron chi connectivity index (χ1n) is 12.6. The molecule has 4 heterocycles. The van der Waals surface area contributed by atoms with Crippen LogP contribution in [0.15, 0.2) is 28.9 Å². The first-order valence-corrected chi connectivity index (χ1v) is 14.8. The minimum absolute atomic E-state index is 0.0990. The summed E-state index contributed by atoms with van der Waals surface area (Å²) in [5.74, 6) is 2.14. The smallest absolute Gasteiger partial charge is 0.250 e. The molecule has 1 atom stereocenters. The summed E-state index contributed by atoms with van der Waals surface area (Å²) in [7, 11) is -1.73. The summed E-state index contributed by atoms with van der Waals surface area (Å²) in [5.41, 5.74) is 4.92. The van der Waals surface area contributed by atoms with Gasteiger partial charge in [-0.15, -0.1) is 0 Å². The van der Waals surface area contributed by atoms with Crippen molar-refractivity contribution in [2.45, 2.75) is 40.0 Å². The van der Waals surface area contributed by atoms with E-state index >= 15 is 0 Å². The van der Waals surface area contributed by atoms with Gasteiger partial charge in [-0.3, -0.25) is 0 Å². The second-order valence-corrected chi connectivity index (χ2v) is 12.0. The third kappa shape index (κ3) is 5.42. The maximum Gasteiger partial charge on any atom is 0.250 e. The number of likely N-dealkylation sites (N-methyl/N-ethyl adjacent to an activating group) is 1. The number of ether oxygens (including phenoxy) is 1. The van der Waals surface area contributed by atoms with E-state index in [-0.39, 0.29) is 6.61 Å². The van der Waals surface area contributed by atoms with Gasteiger partial charge in [0, 0.05) is 36.0 Å². The number of halogens is 1. The lowest BCUT2D eigenvalue weighted by atomic mass is 10.0. The van der Waals surface area contributed by atoms with Crippen LogP contribution in [0.3, 0.4) is 0 Å². The van der Waals surface area contributed by atoms with Gasteiger partial charge >= 0.3 is 0 Å². The van der Waals surface area contributed by atoms with E-state index in [4.69, 9.17) is 30.8 Å². The number of hydrogen-bond acceptors (Lipinski definition) is 11. The van der Waals surface area contributed by atoms with Crippen LogP contribution < -0.4 is 15.0 Å². The molecular formula is C26H30ClN7O5S. The van der Waals surface area contributed by atoms with E-state index in [1.165, 1.54) is 6.20 Å². The number of benzene rings is 1. The molecule has 0 radical (unpaired) electrons. The maximum absolute atomic E-state index is 12.0. The van der Waals surface area contributed by atoms with Gasteiger partial charge in [0.25, 0.3) is 10.0 Å². The average Bonchev–Trinajstić information content (AvgIpc) is 3.57. The van der Waals surface area contributed by atoms with Crippen molar-refractivity contribution in [2.75, 3.05) is 31.4 Å². The van der Waals surface area contributed by atoms with Gasteiger partial charge in [-0.2, -0.15) is 9.19 Å². The first kappa shape index (κ1) is 28.0. The van der Waals surface area contributed by atoms with Crippen LogP contribution in [0, 0.1) is 20.8 Å². The van der Waals surface area contributed by atoms with E-state index in [2.05, 4.69) is 15.6 Å². The number of hydrogen-bond donors (Lipinski definition) is 2. The molecule has 0 saturated carbocycles. The second-order valence-electron chi connectivity index (χ2n) is 9.80. The van der Waals surface area contributed by atoms with Crippen LogP contribution >= 0.6 is 11.6 Å². The van der Waals surface area contributed by atoms with Crippen molar-refractivity contribution >= 4 is 27.4 Å². The standard InChI is InChI=1S/C26H30ClN7O5S/c1-14-24(23-15(2)32-39-16(23)3)29-25(20-8-19(6-7-21(20)27)38-13-18(35)9-28-4)30-26(14)33-10-17-11-34(40(5,36)37)31-22(17)12-33/h6-8,11,18,28,35H,9-10,12-13H2,1-5H3/t18-/m1/s1. The normalized spacial score (nSPS) is 14.0. The van der Waals surface area contributed by atoms with Crippen LogP contribution in [-0.2, 0) is 23.1 Å². The zero-order valence-corrected chi connectivity index (χ0v) is 24.3. The molecule has 0 bridgehead atoms. The van der Waals surface area contributed by atoms with Crippen LogP contribution in [0.5, 0.6) is 5.75 Å². The number of aliphatic hydroxyl groups excluding tert-OH is 1. The summed E-state index contributed by atoms with van der Waals surface area (Å²) in [6.07, 6.45) is 1.98. The van der Waals surface area contributed by atoms with Crippen molar-refractivity contribution < 1.29 is 22.8 Å². The number of nitrogens with zero attached hydrogens (tertiary/aromatic N) is 6. The molecule has 1 aliphatic heterocycles. The molecule has 212 valence electrons. The second kappa shape index (κ2) is 10.8. The third-order valence-electron chi connectivity index (χ3n) is 6.65. The summed E-state index contributed by atoms with van der Waals surface area (Å²) in [6, 6.07) is 5.17. The van der Waals surface area contributed by atoms with Gasteiger partial charge in [0.15, 0.2) is 5.82 Å². The molecule has 0 saturated heterocycles. The van der Waals surface area contributed by atoms with E-state index in [1.54, 1.807) is 25.2 Å². The van der Waals surface area contributed by atoms with E-state index < -0.39 is 16.1 Å². The molecule has 0 unspecified atom stereocenters. The summed E-state index contributed by atoms with van der Waals surface area (Å²) in [6.45, 7) is 6.89. The number of fused-ring (bicyclic) bond motifs is 1. The number of aliphatic hydroxyl groups is 1. The summed E-state index contributed by atoms with van der Waals surface area (Å²) in [5, 5.41) is 21.8. The maximum atomic E-state index is 12.0. The van der Waals surface area contributed by atoms with Gasteiger partial charge in [0.2, 0.25) is 0 Å². The molecule has 0 spiro atoms. The van der Waals surface area contributed by atoms with Crippen molar-refractivity contribution in [3.8, 4) is 28.4 Å². The lowest BCUT2D eigenvalue weighted by molar-refractivity contribution is 0.108.